The number of benzene rings is 1. The minimum absolute atomic E-state index is 0.353. The maximum Gasteiger partial charge on any atom is 0.231 e. The monoisotopic (exact) mass is 179 g/mol. The molecule has 0 saturated heterocycles. The first kappa shape index (κ1) is 8.38. The Morgan fingerprint density at radius 2 is 2.31 bits per heavy atom. The van der Waals surface area contributed by atoms with Gasteiger partial charge >= 0.3 is 0 Å². The van der Waals surface area contributed by atoms with E-state index >= 15 is 0 Å². The molecule has 70 valence electrons. The molecule has 3 nitrogen and oxygen atoms in total. The van der Waals surface area contributed by atoms with Gasteiger partial charge in [-0.05, 0) is 31.6 Å². The van der Waals surface area contributed by atoms with E-state index in [1.165, 1.54) is 5.56 Å². The van der Waals surface area contributed by atoms with Crippen LogP contribution in [0.5, 0.6) is 11.5 Å². The predicted molar refractivity (Wildman–Crippen MR) is 50.2 cm³/mol. The van der Waals surface area contributed by atoms with Gasteiger partial charge in [-0.1, -0.05) is 12.1 Å². The van der Waals surface area contributed by atoms with E-state index in [2.05, 4.69) is 11.4 Å². The highest BCUT2D eigenvalue weighted by molar-refractivity contribution is 5.48. The second-order valence-electron chi connectivity index (χ2n) is 3.00. The fraction of sp³-hybridized carbons (Fsp3) is 0.400. The maximum absolute atomic E-state index is 5.38. The van der Waals surface area contributed by atoms with Crippen molar-refractivity contribution in [3.63, 3.8) is 0 Å². The molecule has 13 heavy (non-hydrogen) atoms. The molecule has 3 heteroatoms. The molecule has 1 aromatic rings. The number of fused-ring (bicyclic) bond motifs is 1. The Morgan fingerprint density at radius 3 is 3.15 bits per heavy atom. The molecule has 0 saturated carbocycles. The first-order valence-corrected chi connectivity index (χ1v) is 4.44. The Morgan fingerprint density at radius 1 is 1.38 bits per heavy atom. The lowest BCUT2D eigenvalue weighted by molar-refractivity contribution is 0.173. The molecule has 1 aliphatic heterocycles. The number of rotatable bonds is 3. The summed E-state index contributed by atoms with van der Waals surface area (Å²) in [4.78, 5) is 0. The van der Waals surface area contributed by atoms with Gasteiger partial charge in [0, 0.05) is 0 Å². The number of ether oxygens (including phenoxy) is 2. The van der Waals surface area contributed by atoms with Gasteiger partial charge in [-0.15, -0.1) is 0 Å². The molecule has 1 heterocycles. The van der Waals surface area contributed by atoms with Crippen LogP contribution in [0.25, 0.3) is 0 Å². The molecule has 0 aliphatic carbocycles. The van der Waals surface area contributed by atoms with Crippen molar-refractivity contribution >= 4 is 0 Å². The SMILES string of the molecule is CNCCc1cccc2c1OCO2. The van der Waals surface area contributed by atoms with Gasteiger partial charge in [-0.2, -0.15) is 0 Å². The standard InChI is InChI=1S/C10H13NO2/c1-11-6-5-8-3-2-4-9-10(8)13-7-12-9/h2-4,11H,5-7H2,1H3. The largest absolute Gasteiger partial charge is 0.454 e. The number of likely N-dealkylation sites (N-methyl/N-ethyl adjacent to an activating group) is 1. The second kappa shape index (κ2) is 3.66. The molecular formula is C10H13NO2. The van der Waals surface area contributed by atoms with Gasteiger partial charge in [0.05, 0.1) is 0 Å². The molecule has 1 N–H and O–H groups in total. The maximum atomic E-state index is 5.38. The number of hydrogen-bond acceptors (Lipinski definition) is 3. The van der Waals surface area contributed by atoms with Crippen LogP contribution in [0.4, 0.5) is 0 Å². The Labute approximate surface area is 77.7 Å². The van der Waals surface area contributed by atoms with Crippen molar-refractivity contribution < 1.29 is 9.47 Å². The highest BCUT2D eigenvalue weighted by Gasteiger charge is 2.16. The van der Waals surface area contributed by atoms with Gasteiger partial charge < -0.3 is 14.8 Å². The summed E-state index contributed by atoms with van der Waals surface area (Å²) < 4.78 is 10.7. The highest BCUT2D eigenvalue weighted by atomic mass is 16.7. The first-order chi connectivity index (χ1) is 6.42. The van der Waals surface area contributed by atoms with E-state index in [9.17, 15) is 0 Å². The topological polar surface area (TPSA) is 30.5 Å². The van der Waals surface area contributed by atoms with Crippen LogP contribution in [0.15, 0.2) is 18.2 Å². The van der Waals surface area contributed by atoms with E-state index in [0.29, 0.717) is 6.79 Å². The Bertz CT molecular complexity index is 299. The molecule has 0 fully saturated rings. The smallest absolute Gasteiger partial charge is 0.231 e. The molecule has 0 atom stereocenters. The van der Waals surface area contributed by atoms with Crippen LogP contribution in [-0.4, -0.2) is 20.4 Å². The molecular weight excluding hydrogens is 166 g/mol. The molecule has 1 aromatic carbocycles. The summed E-state index contributed by atoms with van der Waals surface area (Å²) in [5.74, 6) is 1.78. The van der Waals surface area contributed by atoms with Crippen LogP contribution in [0.1, 0.15) is 5.56 Å². The molecule has 1 aliphatic rings. The lowest BCUT2D eigenvalue weighted by Crippen LogP contribution is -2.10. The third-order valence-corrected chi connectivity index (χ3v) is 2.12. The van der Waals surface area contributed by atoms with Crippen LogP contribution in [0.3, 0.4) is 0 Å². The normalized spacial score (nSPS) is 13.3. The molecule has 2 rings (SSSR count). The number of hydrogen-bond donors (Lipinski definition) is 1. The minimum atomic E-state index is 0.353. The lowest BCUT2D eigenvalue weighted by Gasteiger charge is -2.04. The van der Waals surface area contributed by atoms with Gasteiger partial charge in [0.15, 0.2) is 11.5 Å². The van der Waals surface area contributed by atoms with E-state index in [1.54, 1.807) is 0 Å². The third kappa shape index (κ3) is 1.60. The zero-order valence-electron chi connectivity index (χ0n) is 7.67. The van der Waals surface area contributed by atoms with Crippen molar-refractivity contribution in [1.82, 2.24) is 5.32 Å². The van der Waals surface area contributed by atoms with E-state index in [1.807, 2.05) is 19.2 Å². The summed E-state index contributed by atoms with van der Waals surface area (Å²) in [7, 11) is 1.94. The third-order valence-electron chi connectivity index (χ3n) is 2.12. The summed E-state index contributed by atoms with van der Waals surface area (Å²) in [5, 5.41) is 3.11. The summed E-state index contributed by atoms with van der Waals surface area (Å²) in [6, 6.07) is 6.01. The van der Waals surface area contributed by atoms with E-state index in [-0.39, 0.29) is 0 Å². The van der Waals surface area contributed by atoms with Gasteiger partial charge in [-0.3, -0.25) is 0 Å². The quantitative estimate of drug-likeness (QED) is 0.755. The van der Waals surface area contributed by atoms with Crippen LogP contribution >= 0.6 is 0 Å². The highest BCUT2D eigenvalue weighted by Crippen LogP contribution is 2.35. The molecule has 0 amide bonds. The summed E-state index contributed by atoms with van der Waals surface area (Å²) in [5.41, 5.74) is 1.21. The molecule has 0 spiro atoms. The Balaban J connectivity index is 2.20. The Kier molecular flexibility index (Phi) is 2.36. The van der Waals surface area contributed by atoms with Gasteiger partial charge in [-0.25, -0.2) is 0 Å². The van der Waals surface area contributed by atoms with Crippen molar-refractivity contribution in [3.8, 4) is 11.5 Å². The van der Waals surface area contributed by atoms with E-state index in [0.717, 1.165) is 24.5 Å². The molecule has 0 unspecified atom stereocenters. The van der Waals surface area contributed by atoms with Crippen LogP contribution in [-0.2, 0) is 6.42 Å². The Hall–Kier alpha value is -1.22. The van der Waals surface area contributed by atoms with Crippen molar-refractivity contribution in [2.75, 3.05) is 20.4 Å². The fourth-order valence-electron chi connectivity index (χ4n) is 1.45. The van der Waals surface area contributed by atoms with Crippen molar-refractivity contribution in [2.24, 2.45) is 0 Å². The summed E-state index contributed by atoms with van der Waals surface area (Å²) in [6.45, 7) is 1.31. The fourth-order valence-corrected chi connectivity index (χ4v) is 1.45. The minimum Gasteiger partial charge on any atom is -0.454 e. The summed E-state index contributed by atoms with van der Waals surface area (Å²) >= 11 is 0. The van der Waals surface area contributed by atoms with E-state index < -0.39 is 0 Å². The van der Waals surface area contributed by atoms with E-state index in [4.69, 9.17) is 9.47 Å². The average molecular weight is 179 g/mol. The zero-order chi connectivity index (χ0) is 9.10. The second-order valence-corrected chi connectivity index (χ2v) is 3.00. The van der Waals surface area contributed by atoms with Gasteiger partial charge in [0.2, 0.25) is 6.79 Å². The first-order valence-electron chi connectivity index (χ1n) is 4.44. The molecule has 0 radical (unpaired) electrons. The summed E-state index contributed by atoms with van der Waals surface area (Å²) in [6.07, 6.45) is 0.975. The van der Waals surface area contributed by atoms with Crippen LogP contribution in [0, 0.1) is 0 Å². The van der Waals surface area contributed by atoms with Crippen molar-refractivity contribution in [1.29, 1.82) is 0 Å². The molecule has 0 bridgehead atoms. The zero-order valence-corrected chi connectivity index (χ0v) is 7.67. The van der Waals surface area contributed by atoms with Crippen molar-refractivity contribution in [3.05, 3.63) is 23.8 Å². The van der Waals surface area contributed by atoms with Crippen LogP contribution in [0.2, 0.25) is 0 Å². The lowest BCUT2D eigenvalue weighted by atomic mass is 10.1. The number of para-hydroxylation sites is 1. The van der Waals surface area contributed by atoms with Gasteiger partial charge in [0.1, 0.15) is 0 Å². The van der Waals surface area contributed by atoms with Crippen LogP contribution < -0.4 is 14.8 Å². The predicted octanol–water partition coefficient (Wildman–Crippen LogP) is 1.18. The van der Waals surface area contributed by atoms with Crippen molar-refractivity contribution in [2.45, 2.75) is 6.42 Å². The molecule has 0 aromatic heterocycles. The average Bonchev–Trinajstić information content (AvgIpc) is 2.62. The number of nitrogens with one attached hydrogen (secondary N) is 1. The van der Waals surface area contributed by atoms with Gasteiger partial charge in [0.25, 0.3) is 0 Å².